The molecular formula is C10H16NO2P. The van der Waals surface area contributed by atoms with E-state index in [1.165, 1.54) is 0 Å². The van der Waals surface area contributed by atoms with Crippen LogP contribution in [0.4, 0.5) is 5.69 Å². The monoisotopic (exact) mass is 213 g/mol. The van der Waals surface area contributed by atoms with Crippen molar-refractivity contribution < 1.29 is 9.79 Å². The van der Waals surface area contributed by atoms with Crippen molar-refractivity contribution in [3.63, 3.8) is 0 Å². The standard InChI is InChI=1S/C10H16NO2P/c1-3-11(4-2)9-5-7-10(8-6-9)14(12)13/h5-8,12-13H,3-4H2,1-2H3. The summed E-state index contributed by atoms with van der Waals surface area (Å²) in [5, 5.41) is 0.593. The van der Waals surface area contributed by atoms with Gasteiger partial charge in [0.1, 0.15) is 0 Å². The molecule has 0 unspecified atom stereocenters. The Morgan fingerprint density at radius 2 is 1.57 bits per heavy atom. The van der Waals surface area contributed by atoms with E-state index in [2.05, 4.69) is 18.7 Å². The lowest BCUT2D eigenvalue weighted by atomic mass is 10.3. The first kappa shape index (κ1) is 11.4. The molecule has 0 aliphatic rings. The first-order valence-corrected chi connectivity index (χ1v) is 5.96. The maximum Gasteiger partial charge on any atom is 0.199 e. The van der Waals surface area contributed by atoms with Gasteiger partial charge in [0.25, 0.3) is 0 Å². The normalized spacial score (nSPS) is 10.6. The molecule has 1 aromatic carbocycles. The molecule has 0 heterocycles. The molecule has 0 saturated heterocycles. The Balaban J connectivity index is 2.81. The zero-order valence-electron chi connectivity index (χ0n) is 8.51. The van der Waals surface area contributed by atoms with Crippen LogP contribution >= 0.6 is 8.38 Å². The van der Waals surface area contributed by atoms with Crippen molar-refractivity contribution in [2.75, 3.05) is 18.0 Å². The summed E-state index contributed by atoms with van der Waals surface area (Å²) in [4.78, 5) is 20.2. The number of hydrogen-bond donors (Lipinski definition) is 2. The molecule has 1 rings (SSSR count). The van der Waals surface area contributed by atoms with E-state index in [0.29, 0.717) is 5.30 Å². The molecule has 3 nitrogen and oxygen atoms in total. The lowest BCUT2D eigenvalue weighted by Crippen LogP contribution is -2.22. The summed E-state index contributed by atoms with van der Waals surface area (Å²) in [6.45, 7) is 6.12. The Morgan fingerprint density at radius 3 is 1.93 bits per heavy atom. The molecule has 0 fully saturated rings. The summed E-state index contributed by atoms with van der Waals surface area (Å²) < 4.78 is 0. The Hall–Kier alpha value is -0.630. The summed E-state index contributed by atoms with van der Waals surface area (Å²) in [5.41, 5.74) is 1.12. The number of hydrogen-bond acceptors (Lipinski definition) is 3. The first-order valence-electron chi connectivity index (χ1n) is 4.72. The quantitative estimate of drug-likeness (QED) is 0.744. The Kier molecular flexibility index (Phi) is 4.33. The van der Waals surface area contributed by atoms with E-state index < -0.39 is 8.38 Å². The molecule has 0 aromatic heterocycles. The summed E-state index contributed by atoms with van der Waals surface area (Å²) in [5.74, 6) is 0. The highest BCUT2D eigenvalue weighted by Crippen LogP contribution is 2.23. The smallest absolute Gasteiger partial charge is 0.199 e. The minimum atomic E-state index is -1.95. The second kappa shape index (κ2) is 5.30. The van der Waals surface area contributed by atoms with E-state index in [1.807, 2.05) is 12.1 Å². The fraction of sp³-hybridized carbons (Fsp3) is 0.400. The fourth-order valence-electron chi connectivity index (χ4n) is 1.39. The third-order valence-electron chi connectivity index (χ3n) is 2.21. The van der Waals surface area contributed by atoms with Gasteiger partial charge in [-0.1, -0.05) is 0 Å². The number of anilines is 1. The first-order chi connectivity index (χ1) is 6.69. The molecule has 0 spiro atoms. The largest absolute Gasteiger partial charge is 0.372 e. The van der Waals surface area contributed by atoms with E-state index in [9.17, 15) is 0 Å². The predicted molar refractivity (Wildman–Crippen MR) is 61.0 cm³/mol. The van der Waals surface area contributed by atoms with Crippen LogP contribution < -0.4 is 10.2 Å². The number of benzene rings is 1. The van der Waals surface area contributed by atoms with Crippen molar-refractivity contribution in [1.82, 2.24) is 0 Å². The van der Waals surface area contributed by atoms with Gasteiger partial charge in [-0.3, -0.25) is 0 Å². The maximum absolute atomic E-state index is 8.97. The van der Waals surface area contributed by atoms with Gasteiger partial charge in [0, 0.05) is 24.1 Å². The van der Waals surface area contributed by atoms with Gasteiger partial charge in [0.05, 0.1) is 0 Å². The highest BCUT2D eigenvalue weighted by Gasteiger charge is 2.05. The molecule has 14 heavy (non-hydrogen) atoms. The lowest BCUT2D eigenvalue weighted by molar-refractivity contribution is 0.497. The third-order valence-corrected chi connectivity index (χ3v) is 2.97. The zero-order chi connectivity index (χ0) is 10.6. The number of rotatable bonds is 4. The van der Waals surface area contributed by atoms with Gasteiger partial charge in [-0.2, -0.15) is 0 Å². The Labute approximate surface area is 85.9 Å². The minimum absolute atomic E-state index is 0.593. The minimum Gasteiger partial charge on any atom is -0.372 e. The molecular weight excluding hydrogens is 197 g/mol. The van der Waals surface area contributed by atoms with Crippen LogP contribution in [-0.4, -0.2) is 22.9 Å². The van der Waals surface area contributed by atoms with Crippen LogP contribution in [0.1, 0.15) is 13.8 Å². The van der Waals surface area contributed by atoms with Gasteiger partial charge in [0.2, 0.25) is 0 Å². The van der Waals surface area contributed by atoms with Gasteiger partial charge >= 0.3 is 0 Å². The molecule has 0 atom stereocenters. The topological polar surface area (TPSA) is 43.7 Å². The summed E-state index contributed by atoms with van der Waals surface area (Å²) >= 11 is 0. The van der Waals surface area contributed by atoms with Crippen LogP contribution in [0.15, 0.2) is 24.3 Å². The zero-order valence-corrected chi connectivity index (χ0v) is 9.41. The fourth-order valence-corrected chi connectivity index (χ4v) is 1.80. The van der Waals surface area contributed by atoms with Crippen molar-refractivity contribution in [1.29, 1.82) is 0 Å². The van der Waals surface area contributed by atoms with E-state index in [4.69, 9.17) is 9.79 Å². The van der Waals surface area contributed by atoms with Crippen molar-refractivity contribution in [3.05, 3.63) is 24.3 Å². The average molecular weight is 213 g/mol. The molecule has 0 aliphatic heterocycles. The lowest BCUT2D eigenvalue weighted by Gasteiger charge is -2.21. The highest BCUT2D eigenvalue weighted by molar-refractivity contribution is 7.54. The van der Waals surface area contributed by atoms with E-state index in [0.717, 1.165) is 18.8 Å². The van der Waals surface area contributed by atoms with Gasteiger partial charge < -0.3 is 14.7 Å². The van der Waals surface area contributed by atoms with Crippen LogP contribution in [-0.2, 0) is 0 Å². The van der Waals surface area contributed by atoms with Crippen LogP contribution in [0.5, 0.6) is 0 Å². The van der Waals surface area contributed by atoms with Gasteiger partial charge in [0.15, 0.2) is 8.38 Å². The van der Waals surface area contributed by atoms with Crippen LogP contribution in [0.25, 0.3) is 0 Å². The van der Waals surface area contributed by atoms with Gasteiger partial charge in [-0.25, -0.2) is 0 Å². The molecule has 0 aliphatic carbocycles. The summed E-state index contributed by atoms with van der Waals surface area (Å²) in [7, 11) is -1.95. The third kappa shape index (κ3) is 2.68. The molecule has 0 saturated carbocycles. The van der Waals surface area contributed by atoms with Crippen molar-refractivity contribution in [2.24, 2.45) is 0 Å². The molecule has 4 heteroatoms. The van der Waals surface area contributed by atoms with Gasteiger partial charge in [-0.15, -0.1) is 0 Å². The van der Waals surface area contributed by atoms with Crippen molar-refractivity contribution in [3.8, 4) is 0 Å². The van der Waals surface area contributed by atoms with Crippen LogP contribution in [0.3, 0.4) is 0 Å². The summed E-state index contributed by atoms with van der Waals surface area (Å²) in [6.07, 6.45) is 0. The maximum atomic E-state index is 8.97. The van der Waals surface area contributed by atoms with E-state index >= 15 is 0 Å². The van der Waals surface area contributed by atoms with Crippen molar-refractivity contribution in [2.45, 2.75) is 13.8 Å². The van der Waals surface area contributed by atoms with Gasteiger partial charge in [-0.05, 0) is 38.1 Å². The average Bonchev–Trinajstić information content (AvgIpc) is 2.20. The SMILES string of the molecule is CCN(CC)c1ccc(P(O)O)cc1. The van der Waals surface area contributed by atoms with E-state index in [-0.39, 0.29) is 0 Å². The van der Waals surface area contributed by atoms with Crippen LogP contribution in [0, 0.1) is 0 Å². The molecule has 2 N–H and O–H groups in total. The van der Waals surface area contributed by atoms with Crippen molar-refractivity contribution >= 4 is 19.4 Å². The number of nitrogens with zero attached hydrogens (tertiary/aromatic N) is 1. The molecule has 78 valence electrons. The highest BCUT2D eigenvalue weighted by atomic mass is 31.2. The molecule has 0 amide bonds. The second-order valence-electron chi connectivity index (χ2n) is 2.98. The molecule has 1 aromatic rings. The summed E-state index contributed by atoms with van der Waals surface area (Å²) in [6, 6.07) is 7.37. The Morgan fingerprint density at radius 1 is 1.07 bits per heavy atom. The Bertz CT molecular complexity index is 270. The van der Waals surface area contributed by atoms with E-state index in [1.54, 1.807) is 12.1 Å². The van der Waals surface area contributed by atoms with Crippen LogP contribution in [0.2, 0.25) is 0 Å². The molecule has 0 radical (unpaired) electrons. The molecule has 0 bridgehead atoms. The second-order valence-corrected chi connectivity index (χ2v) is 4.07. The predicted octanol–water partition coefficient (Wildman–Crippen LogP) is 1.45.